The van der Waals surface area contributed by atoms with Gasteiger partial charge in [0.1, 0.15) is 0 Å². The van der Waals surface area contributed by atoms with Crippen molar-refractivity contribution in [3.63, 3.8) is 0 Å². The predicted octanol–water partition coefficient (Wildman–Crippen LogP) is 5.39. The Morgan fingerprint density at radius 3 is 2.49 bits per heavy atom. The van der Waals surface area contributed by atoms with Crippen LogP contribution in [-0.2, 0) is 33.8 Å². The van der Waals surface area contributed by atoms with E-state index in [9.17, 15) is 26.4 Å². The molecule has 0 bridgehead atoms. The maximum Gasteiger partial charge on any atom is 0.416 e. The molecule has 1 aliphatic heterocycles. The first-order chi connectivity index (χ1) is 17.4. The molecule has 4 rings (SSSR count). The summed E-state index contributed by atoms with van der Waals surface area (Å²) in [4.78, 5) is 15.6. The number of fused-ring (bicyclic) bond motifs is 1. The molecule has 2 aromatic rings. The topological polar surface area (TPSA) is 66.5 Å². The van der Waals surface area contributed by atoms with Crippen LogP contribution in [0.15, 0.2) is 53.9 Å². The average Bonchev–Trinajstić information content (AvgIpc) is 2.86. The van der Waals surface area contributed by atoms with Crippen LogP contribution in [-0.4, -0.2) is 44.1 Å². The van der Waals surface area contributed by atoms with Gasteiger partial charge in [-0.1, -0.05) is 44.0 Å². The summed E-state index contributed by atoms with van der Waals surface area (Å²) in [5.74, 6) is -0.309. The fourth-order valence-corrected chi connectivity index (χ4v) is 6.05. The molecule has 0 spiro atoms. The first kappa shape index (κ1) is 27.4. The van der Waals surface area contributed by atoms with Crippen molar-refractivity contribution in [2.24, 2.45) is 0 Å². The summed E-state index contributed by atoms with van der Waals surface area (Å²) in [5.41, 5.74) is 1.36. The van der Waals surface area contributed by atoms with Crippen LogP contribution in [0.5, 0.6) is 0 Å². The third kappa shape index (κ3) is 6.62. The fraction of sp³-hybridized carbons (Fsp3) is 0.464. The summed E-state index contributed by atoms with van der Waals surface area (Å²) in [6.07, 6.45) is 2.86. The first-order valence-electron chi connectivity index (χ1n) is 12.6. The van der Waals surface area contributed by atoms with Crippen LogP contribution in [0.4, 0.5) is 13.2 Å². The van der Waals surface area contributed by atoms with E-state index in [1.807, 2.05) is 0 Å². The predicted molar refractivity (Wildman–Crippen MR) is 138 cm³/mol. The zero-order valence-corrected chi connectivity index (χ0v) is 21.9. The van der Waals surface area contributed by atoms with Gasteiger partial charge in [0.25, 0.3) is 5.91 Å². The zero-order chi connectivity index (χ0) is 26.8. The van der Waals surface area contributed by atoms with E-state index in [2.05, 4.69) is 16.8 Å². The minimum absolute atomic E-state index is 0.138. The highest BCUT2D eigenvalue weighted by atomic mass is 32.2. The SMILES string of the molecule is C=C(C(=O)NC1(CCN2CCc3cc(C(F)(F)F)ccc3C2)CCCCC1)c1cccc(S(C)(=O)=O)c1. The molecule has 1 aliphatic carbocycles. The van der Waals surface area contributed by atoms with Gasteiger partial charge in [0.05, 0.1) is 10.5 Å². The van der Waals surface area contributed by atoms with Gasteiger partial charge in [-0.25, -0.2) is 8.42 Å². The van der Waals surface area contributed by atoms with E-state index in [1.54, 1.807) is 18.2 Å². The number of rotatable bonds is 7. The Labute approximate surface area is 216 Å². The minimum Gasteiger partial charge on any atom is -0.347 e. The van der Waals surface area contributed by atoms with Crippen molar-refractivity contribution in [2.75, 3.05) is 19.3 Å². The molecule has 0 unspecified atom stereocenters. The number of nitrogens with one attached hydrogen (secondary N) is 1. The molecule has 0 aromatic heterocycles. The van der Waals surface area contributed by atoms with Gasteiger partial charge in [0.2, 0.25) is 0 Å². The monoisotopic (exact) mass is 534 g/mol. The van der Waals surface area contributed by atoms with Crippen LogP contribution in [0.25, 0.3) is 5.57 Å². The lowest BCUT2D eigenvalue weighted by Gasteiger charge is -2.40. The van der Waals surface area contributed by atoms with Crippen molar-refractivity contribution >= 4 is 21.3 Å². The Bertz CT molecular complexity index is 1280. The fourth-order valence-electron chi connectivity index (χ4n) is 5.38. The number of carbonyl (C=O) groups excluding carboxylic acids is 1. The second-order valence-electron chi connectivity index (χ2n) is 10.3. The molecule has 1 saturated carbocycles. The van der Waals surface area contributed by atoms with Gasteiger partial charge in [-0.2, -0.15) is 13.2 Å². The van der Waals surface area contributed by atoms with Crippen molar-refractivity contribution in [3.05, 3.63) is 71.3 Å². The van der Waals surface area contributed by atoms with Gasteiger partial charge in [0, 0.05) is 37.0 Å². The molecule has 5 nitrogen and oxygen atoms in total. The molecule has 2 aliphatic rings. The molecule has 1 heterocycles. The van der Waals surface area contributed by atoms with Crippen molar-refractivity contribution < 1.29 is 26.4 Å². The molecule has 1 fully saturated rings. The van der Waals surface area contributed by atoms with E-state index in [4.69, 9.17) is 0 Å². The van der Waals surface area contributed by atoms with E-state index in [-0.39, 0.29) is 16.4 Å². The number of benzene rings is 2. The smallest absolute Gasteiger partial charge is 0.347 e. The zero-order valence-electron chi connectivity index (χ0n) is 21.0. The van der Waals surface area contributed by atoms with Crippen LogP contribution >= 0.6 is 0 Å². The summed E-state index contributed by atoms with van der Waals surface area (Å²) in [7, 11) is -3.41. The number of nitrogens with zero attached hydrogens (tertiary/aromatic N) is 1. The van der Waals surface area contributed by atoms with Gasteiger partial charge in [-0.3, -0.25) is 9.69 Å². The number of sulfone groups is 1. The maximum absolute atomic E-state index is 13.2. The number of amides is 1. The Balaban J connectivity index is 1.43. The van der Waals surface area contributed by atoms with Crippen LogP contribution < -0.4 is 5.32 Å². The van der Waals surface area contributed by atoms with Gasteiger partial charge < -0.3 is 5.32 Å². The first-order valence-corrected chi connectivity index (χ1v) is 14.5. The number of carbonyl (C=O) groups is 1. The van der Waals surface area contributed by atoms with E-state index < -0.39 is 27.1 Å². The maximum atomic E-state index is 13.2. The summed E-state index contributed by atoms with van der Waals surface area (Å²) >= 11 is 0. The summed E-state index contributed by atoms with van der Waals surface area (Å²) in [6.45, 7) is 5.92. The Morgan fingerprint density at radius 1 is 1.08 bits per heavy atom. The molecular weight excluding hydrogens is 501 g/mol. The molecule has 0 saturated heterocycles. The lowest BCUT2D eigenvalue weighted by Crippen LogP contribution is -2.51. The Morgan fingerprint density at radius 2 is 1.81 bits per heavy atom. The lowest BCUT2D eigenvalue weighted by atomic mass is 9.78. The van der Waals surface area contributed by atoms with E-state index in [0.29, 0.717) is 25.1 Å². The standard InChI is InChI=1S/C28H33F3N2O3S/c1-20(21-7-6-8-25(18-21)37(2,35)36)26(34)32-27(12-4-3-5-13-27)14-16-33-15-11-22-17-24(28(29,30)31)10-9-23(22)19-33/h6-10,17-18H,1,3-5,11-16,19H2,2H3,(H,32,34). The second kappa shape index (κ2) is 10.6. The Kier molecular flexibility index (Phi) is 7.85. The van der Waals surface area contributed by atoms with Gasteiger partial charge in [-0.15, -0.1) is 0 Å². The summed E-state index contributed by atoms with van der Waals surface area (Å²) < 4.78 is 63.1. The van der Waals surface area contributed by atoms with Crippen LogP contribution in [0, 0.1) is 0 Å². The van der Waals surface area contributed by atoms with Gasteiger partial charge in [-0.05, 0) is 66.6 Å². The van der Waals surface area contributed by atoms with E-state index in [0.717, 1.165) is 68.5 Å². The van der Waals surface area contributed by atoms with Crippen LogP contribution in [0.3, 0.4) is 0 Å². The number of hydrogen-bond acceptors (Lipinski definition) is 4. The highest BCUT2D eigenvalue weighted by molar-refractivity contribution is 7.90. The average molecular weight is 535 g/mol. The second-order valence-corrected chi connectivity index (χ2v) is 12.3. The molecule has 1 amide bonds. The summed E-state index contributed by atoms with van der Waals surface area (Å²) in [6, 6.07) is 10.2. The van der Waals surface area contributed by atoms with E-state index in [1.165, 1.54) is 18.2 Å². The van der Waals surface area contributed by atoms with Gasteiger partial charge in [0.15, 0.2) is 9.84 Å². The normalized spacial score (nSPS) is 18.2. The molecule has 9 heteroatoms. The highest BCUT2D eigenvalue weighted by Crippen LogP contribution is 2.34. The van der Waals surface area contributed by atoms with Crippen molar-refractivity contribution in [3.8, 4) is 0 Å². The van der Waals surface area contributed by atoms with Crippen molar-refractivity contribution in [1.29, 1.82) is 0 Å². The molecule has 1 N–H and O–H groups in total. The van der Waals surface area contributed by atoms with Crippen LogP contribution in [0.2, 0.25) is 0 Å². The van der Waals surface area contributed by atoms with Crippen molar-refractivity contribution in [2.45, 2.75) is 68.1 Å². The number of hydrogen-bond donors (Lipinski definition) is 1. The highest BCUT2D eigenvalue weighted by Gasteiger charge is 2.35. The quantitative estimate of drug-likeness (QED) is 0.484. The van der Waals surface area contributed by atoms with Gasteiger partial charge >= 0.3 is 6.18 Å². The molecule has 0 atom stereocenters. The van der Waals surface area contributed by atoms with Crippen molar-refractivity contribution in [1.82, 2.24) is 10.2 Å². The number of alkyl halides is 3. The molecule has 37 heavy (non-hydrogen) atoms. The summed E-state index contributed by atoms with van der Waals surface area (Å²) in [5, 5.41) is 3.23. The lowest BCUT2D eigenvalue weighted by molar-refractivity contribution is -0.137. The Hall–Kier alpha value is -2.65. The molecular formula is C28H33F3N2O3S. The number of halogens is 3. The molecule has 2 aromatic carbocycles. The largest absolute Gasteiger partial charge is 0.416 e. The molecule has 0 radical (unpaired) electrons. The van der Waals surface area contributed by atoms with E-state index >= 15 is 0 Å². The third-order valence-electron chi connectivity index (χ3n) is 7.61. The third-order valence-corrected chi connectivity index (χ3v) is 8.72. The molecule has 200 valence electrons. The minimum atomic E-state index is -4.34. The van der Waals surface area contributed by atoms with Crippen LogP contribution in [0.1, 0.15) is 60.8 Å².